The van der Waals surface area contributed by atoms with Crippen LogP contribution < -0.4 is 21.7 Å². The van der Waals surface area contributed by atoms with Crippen LogP contribution in [-0.4, -0.2) is 94.7 Å². The number of esters is 2. The normalized spacial score (nSPS) is 12.4. The Morgan fingerprint density at radius 3 is 1.51 bits per heavy atom. The van der Waals surface area contributed by atoms with Crippen molar-refractivity contribution >= 4 is 59.0 Å². The Kier molecular flexibility index (Phi) is 38.0. The Hall–Kier alpha value is -4.18. The number of carbonyl (C=O) groups excluding carboxylic acids is 5. The number of ether oxygens (including phenoxy) is 2. The fourth-order valence-corrected chi connectivity index (χ4v) is 8.54. The molecule has 0 heterocycles. The van der Waals surface area contributed by atoms with Gasteiger partial charge in [-0.2, -0.15) is 11.8 Å². The molecule has 388 valence electrons. The molecule has 1 aromatic carbocycles. The van der Waals surface area contributed by atoms with Gasteiger partial charge >= 0.3 is 23.9 Å². The molecule has 3 atom stereocenters. The number of rotatable bonds is 45. The lowest BCUT2D eigenvalue weighted by molar-refractivity contribution is -0.157. The van der Waals surface area contributed by atoms with Gasteiger partial charge in [0.2, 0.25) is 11.8 Å². The average Bonchev–Trinajstić information content (AvgIpc) is 3.31. The third-order valence-corrected chi connectivity index (χ3v) is 12.9. The molecule has 1 aromatic rings. The summed E-state index contributed by atoms with van der Waals surface area (Å²) in [6, 6.07) is 3.18. The molecule has 0 saturated carbocycles. The quantitative estimate of drug-likeness (QED) is 0.0264. The van der Waals surface area contributed by atoms with E-state index in [2.05, 4.69) is 29.8 Å². The second-order valence-electron chi connectivity index (χ2n) is 18.1. The molecule has 0 aromatic heterocycles. The second kappa shape index (κ2) is 41.8. The molecule has 0 aliphatic heterocycles. The van der Waals surface area contributed by atoms with Crippen LogP contribution in [0.2, 0.25) is 0 Å². The number of nitrogens with two attached hydrogens (primary N) is 1. The molecule has 7 N–H and O–H groups in total. The molecule has 0 aliphatic carbocycles. The van der Waals surface area contributed by atoms with E-state index >= 15 is 0 Å². The number of benzene rings is 1. The molecule has 0 unspecified atom stereocenters. The first-order valence-corrected chi connectivity index (χ1v) is 27.1. The minimum Gasteiger partial charge on any atom is -0.481 e. The number of anilines is 1. The van der Waals surface area contributed by atoms with Crippen molar-refractivity contribution in [3.05, 3.63) is 29.8 Å². The molecule has 68 heavy (non-hydrogen) atoms. The highest BCUT2D eigenvalue weighted by Gasteiger charge is 2.23. The minimum absolute atomic E-state index is 0.0858. The number of aliphatic carboxylic acids is 2. The van der Waals surface area contributed by atoms with Gasteiger partial charge in [0.1, 0.15) is 18.8 Å². The van der Waals surface area contributed by atoms with Gasteiger partial charge in [0.15, 0.2) is 0 Å². The molecule has 0 aliphatic rings. The number of thioether (sulfide) groups is 1. The fraction of sp³-hybridized carbons (Fsp3) is 0.750. The van der Waals surface area contributed by atoms with E-state index in [-0.39, 0.29) is 48.5 Å². The molecule has 0 bridgehead atoms. The maximum absolute atomic E-state index is 12.9. The smallest absolute Gasteiger partial charge is 0.326 e. The third kappa shape index (κ3) is 35.0. The summed E-state index contributed by atoms with van der Waals surface area (Å²) in [5.74, 6) is -4.69. The summed E-state index contributed by atoms with van der Waals surface area (Å²) in [4.78, 5) is 85.7. The number of nitrogens with one attached hydrogen (secondary N) is 3. The largest absolute Gasteiger partial charge is 0.481 e. The fourth-order valence-electron chi connectivity index (χ4n) is 7.57. The molecule has 1 rings (SSSR count). The molecule has 0 radical (unpaired) electrons. The number of carboxylic acids is 2. The van der Waals surface area contributed by atoms with Gasteiger partial charge in [-0.15, -0.1) is 0 Å². The van der Waals surface area contributed by atoms with Crippen LogP contribution in [0.25, 0.3) is 0 Å². The van der Waals surface area contributed by atoms with E-state index in [0.717, 1.165) is 44.9 Å². The maximum Gasteiger partial charge on any atom is 0.326 e. The van der Waals surface area contributed by atoms with Crippen LogP contribution in [0, 0.1) is 0 Å². The zero-order valence-electron chi connectivity index (χ0n) is 41.6. The lowest BCUT2D eigenvalue weighted by Crippen LogP contribution is -2.45. The number of hydrogen-bond donors (Lipinski definition) is 6. The first kappa shape index (κ1) is 61.8. The van der Waals surface area contributed by atoms with Gasteiger partial charge in [0.05, 0.1) is 12.6 Å². The molecular formula is C52H88N4O11S. The van der Waals surface area contributed by atoms with E-state index in [9.17, 15) is 38.7 Å². The van der Waals surface area contributed by atoms with E-state index in [1.807, 2.05) is 0 Å². The van der Waals surface area contributed by atoms with Crippen LogP contribution in [-0.2, 0) is 38.2 Å². The standard InChI is InChI=1S/C52H88N4O11S/c1-3-5-7-9-11-13-15-17-19-21-23-25-27-29-48(60)66-38-43(67-49(61)30-28-26-24-22-20-18-16-14-12-10-8-6-4-2)39-68-40-44(53)51(63)54-37-46(57)55-42-33-31-41(32-34-42)50(62)56-45(52(64)65)35-36-47(58)59/h31-34,43-45H,3-30,35-40,53H2,1-2H3,(H,54,63)(H,55,57)(H,56,62)(H,58,59)(H,64,65)/t43-,44+,45+/m1/s1. The zero-order chi connectivity index (χ0) is 50.0. The van der Waals surface area contributed by atoms with Crippen molar-refractivity contribution in [3.63, 3.8) is 0 Å². The van der Waals surface area contributed by atoms with E-state index in [4.69, 9.17) is 20.3 Å². The van der Waals surface area contributed by atoms with Crippen LogP contribution >= 0.6 is 11.8 Å². The monoisotopic (exact) mass is 977 g/mol. The lowest BCUT2D eigenvalue weighted by Gasteiger charge is -2.19. The van der Waals surface area contributed by atoms with Gasteiger partial charge in [-0.05, 0) is 43.5 Å². The number of unbranched alkanes of at least 4 members (excludes halogenated alkanes) is 24. The van der Waals surface area contributed by atoms with Gasteiger partial charge in [-0.1, -0.05) is 168 Å². The molecule has 3 amide bonds. The van der Waals surface area contributed by atoms with E-state index in [0.29, 0.717) is 12.1 Å². The second-order valence-corrected chi connectivity index (χ2v) is 19.1. The summed E-state index contributed by atoms with van der Waals surface area (Å²) in [5, 5.41) is 25.5. The van der Waals surface area contributed by atoms with Crippen molar-refractivity contribution in [1.29, 1.82) is 0 Å². The highest BCUT2D eigenvalue weighted by molar-refractivity contribution is 7.99. The Morgan fingerprint density at radius 2 is 1.06 bits per heavy atom. The summed E-state index contributed by atoms with van der Waals surface area (Å²) >= 11 is 1.28. The van der Waals surface area contributed by atoms with Crippen LogP contribution in [0.4, 0.5) is 5.69 Å². The molecular weight excluding hydrogens is 889 g/mol. The maximum atomic E-state index is 12.9. The molecule has 15 nitrogen and oxygen atoms in total. The first-order chi connectivity index (χ1) is 32.9. The summed E-state index contributed by atoms with van der Waals surface area (Å²) in [5.41, 5.74) is 6.54. The molecule has 0 spiro atoms. The summed E-state index contributed by atoms with van der Waals surface area (Å²) in [6.07, 6.45) is 30.5. The van der Waals surface area contributed by atoms with Crippen LogP contribution in [0.3, 0.4) is 0 Å². The van der Waals surface area contributed by atoms with Gasteiger partial charge in [-0.3, -0.25) is 28.8 Å². The Labute approximate surface area is 411 Å². The Morgan fingerprint density at radius 1 is 0.603 bits per heavy atom. The molecule has 0 saturated heterocycles. The number of carbonyl (C=O) groups is 7. The van der Waals surface area contributed by atoms with Crippen molar-refractivity contribution in [2.75, 3.05) is 30.0 Å². The summed E-state index contributed by atoms with van der Waals surface area (Å²) < 4.78 is 11.3. The summed E-state index contributed by atoms with van der Waals surface area (Å²) in [6.45, 7) is 4.00. The molecule has 16 heteroatoms. The topological polar surface area (TPSA) is 241 Å². The van der Waals surface area contributed by atoms with Gasteiger partial charge in [0.25, 0.3) is 5.91 Å². The van der Waals surface area contributed by atoms with Crippen molar-refractivity contribution in [2.24, 2.45) is 5.73 Å². The van der Waals surface area contributed by atoms with Crippen molar-refractivity contribution < 1.29 is 53.2 Å². The Bertz CT molecular complexity index is 1550. The van der Waals surface area contributed by atoms with Gasteiger partial charge in [-0.25, -0.2) is 4.79 Å². The van der Waals surface area contributed by atoms with E-state index in [1.165, 1.54) is 158 Å². The van der Waals surface area contributed by atoms with Gasteiger partial charge in [0, 0.05) is 42.0 Å². The van der Waals surface area contributed by atoms with Crippen molar-refractivity contribution in [3.8, 4) is 0 Å². The predicted octanol–water partition coefficient (Wildman–Crippen LogP) is 10.3. The van der Waals surface area contributed by atoms with Crippen LogP contribution in [0.1, 0.15) is 217 Å². The third-order valence-electron chi connectivity index (χ3n) is 11.7. The number of hydrogen-bond acceptors (Lipinski definition) is 11. The minimum atomic E-state index is -1.39. The number of amides is 3. The average molecular weight is 977 g/mol. The van der Waals surface area contributed by atoms with Crippen molar-refractivity contribution in [1.82, 2.24) is 10.6 Å². The summed E-state index contributed by atoms with van der Waals surface area (Å²) in [7, 11) is 0. The zero-order valence-corrected chi connectivity index (χ0v) is 42.5. The highest BCUT2D eigenvalue weighted by Crippen LogP contribution is 2.17. The Balaban J connectivity index is 2.52. The van der Waals surface area contributed by atoms with E-state index in [1.54, 1.807) is 0 Å². The van der Waals surface area contributed by atoms with Crippen LogP contribution in [0.15, 0.2) is 24.3 Å². The van der Waals surface area contributed by atoms with Crippen LogP contribution in [0.5, 0.6) is 0 Å². The number of carboxylic acid groups (broad SMARTS) is 2. The first-order valence-electron chi connectivity index (χ1n) is 26.0. The predicted molar refractivity (Wildman–Crippen MR) is 271 cm³/mol. The highest BCUT2D eigenvalue weighted by atomic mass is 32.2. The SMILES string of the molecule is CCCCCCCCCCCCCCCC(=O)OC[C@H](CSC[C@H](N)C(=O)NCC(=O)Nc1ccc(C(=O)N[C@@H](CCC(=O)O)C(=O)O)cc1)OC(=O)CCCCCCCCCCCCCCC. The van der Waals surface area contributed by atoms with Gasteiger partial charge < -0.3 is 41.4 Å². The molecule has 0 fully saturated rings. The van der Waals surface area contributed by atoms with E-state index < -0.39 is 60.8 Å². The van der Waals surface area contributed by atoms with Crippen molar-refractivity contribution in [2.45, 2.75) is 225 Å². The lowest BCUT2D eigenvalue weighted by atomic mass is 10.0.